The second-order valence-corrected chi connectivity index (χ2v) is 5.33. The van der Waals surface area contributed by atoms with Crippen molar-refractivity contribution in [2.45, 2.75) is 13.3 Å². The molecule has 0 atom stereocenters. The zero-order valence-corrected chi connectivity index (χ0v) is 11.9. The molecule has 4 nitrogen and oxygen atoms in total. The monoisotopic (exact) mass is 262 g/mol. The van der Waals surface area contributed by atoms with E-state index in [4.69, 9.17) is 0 Å². The van der Waals surface area contributed by atoms with Crippen LogP contribution in [0.3, 0.4) is 0 Å². The first-order valence-electron chi connectivity index (χ1n) is 7.08. The standard InChI is InChI=1S/C15H23N3O/c1-3-13-4-6-14(7-5-13)16-15(19)12-18-10-8-17(2)9-11-18/h4-7H,3,8-12H2,1-2H3,(H,16,19)/p+1. The smallest absolute Gasteiger partial charge is 0.279 e. The van der Waals surface area contributed by atoms with E-state index in [1.54, 1.807) is 0 Å². The van der Waals surface area contributed by atoms with Gasteiger partial charge < -0.3 is 10.2 Å². The van der Waals surface area contributed by atoms with E-state index in [-0.39, 0.29) is 5.91 Å². The number of quaternary nitrogens is 1. The van der Waals surface area contributed by atoms with E-state index in [1.807, 2.05) is 12.1 Å². The largest absolute Gasteiger partial charge is 0.325 e. The summed E-state index contributed by atoms with van der Waals surface area (Å²) in [6.45, 7) is 6.96. The Hall–Kier alpha value is -1.39. The molecule has 19 heavy (non-hydrogen) atoms. The summed E-state index contributed by atoms with van der Waals surface area (Å²) >= 11 is 0. The SMILES string of the molecule is CCc1ccc(NC(=O)C[NH+]2CCN(C)CC2)cc1. The van der Waals surface area contributed by atoms with Crippen LogP contribution in [0.2, 0.25) is 0 Å². The Morgan fingerprint density at radius 3 is 2.47 bits per heavy atom. The van der Waals surface area contributed by atoms with Crippen molar-refractivity contribution in [3.05, 3.63) is 29.8 Å². The van der Waals surface area contributed by atoms with Gasteiger partial charge in [0.05, 0.1) is 13.1 Å². The Morgan fingerprint density at radius 2 is 1.89 bits per heavy atom. The molecule has 0 aliphatic carbocycles. The van der Waals surface area contributed by atoms with Gasteiger partial charge in [0.15, 0.2) is 6.54 Å². The number of aryl methyl sites for hydroxylation is 1. The van der Waals surface area contributed by atoms with Gasteiger partial charge in [-0.05, 0) is 31.2 Å². The molecular formula is C15H24N3O+. The lowest BCUT2D eigenvalue weighted by Gasteiger charge is -2.29. The summed E-state index contributed by atoms with van der Waals surface area (Å²) in [5.41, 5.74) is 2.19. The van der Waals surface area contributed by atoms with Crippen LogP contribution in [0.1, 0.15) is 12.5 Å². The van der Waals surface area contributed by atoms with Gasteiger partial charge in [-0.25, -0.2) is 0 Å². The molecule has 1 aliphatic heterocycles. The van der Waals surface area contributed by atoms with Gasteiger partial charge >= 0.3 is 0 Å². The van der Waals surface area contributed by atoms with Gasteiger partial charge in [-0.3, -0.25) is 9.69 Å². The second-order valence-electron chi connectivity index (χ2n) is 5.33. The highest BCUT2D eigenvalue weighted by molar-refractivity contribution is 5.91. The fourth-order valence-electron chi connectivity index (χ4n) is 2.37. The number of benzene rings is 1. The van der Waals surface area contributed by atoms with Crippen LogP contribution in [0.5, 0.6) is 0 Å². The fourth-order valence-corrected chi connectivity index (χ4v) is 2.37. The minimum Gasteiger partial charge on any atom is -0.325 e. The maximum atomic E-state index is 12.0. The average Bonchev–Trinajstić information content (AvgIpc) is 2.42. The minimum atomic E-state index is 0.115. The first kappa shape index (κ1) is 14.0. The molecule has 2 rings (SSSR count). The van der Waals surface area contributed by atoms with Crippen LogP contribution in [-0.2, 0) is 11.2 Å². The zero-order valence-electron chi connectivity index (χ0n) is 11.9. The first-order valence-corrected chi connectivity index (χ1v) is 7.08. The fraction of sp³-hybridized carbons (Fsp3) is 0.533. The van der Waals surface area contributed by atoms with Crippen LogP contribution in [0.25, 0.3) is 0 Å². The number of hydrogen-bond donors (Lipinski definition) is 2. The molecule has 1 aliphatic rings. The van der Waals surface area contributed by atoms with Crippen molar-refractivity contribution in [3.8, 4) is 0 Å². The van der Waals surface area contributed by atoms with Gasteiger partial charge in [0.2, 0.25) is 0 Å². The van der Waals surface area contributed by atoms with E-state index >= 15 is 0 Å². The van der Waals surface area contributed by atoms with E-state index in [2.05, 4.69) is 36.3 Å². The number of nitrogens with one attached hydrogen (secondary N) is 2. The predicted molar refractivity (Wildman–Crippen MR) is 77.5 cm³/mol. The number of amides is 1. The third-order valence-electron chi connectivity index (χ3n) is 3.75. The molecule has 1 fully saturated rings. The minimum absolute atomic E-state index is 0.115. The molecule has 0 radical (unpaired) electrons. The van der Waals surface area contributed by atoms with Gasteiger partial charge in [-0.15, -0.1) is 0 Å². The summed E-state index contributed by atoms with van der Waals surface area (Å²) in [6, 6.07) is 8.10. The number of carbonyl (C=O) groups is 1. The Morgan fingerprint density at radius 1 is 1.26 bits per heavy atom. The first-order chi connectivity index (χ1) is 9.17. The Labute approximate surface area is 115 Å². The van der Waals surface area contributed by atoms with E-state index in [0.717, 1.165) is 38.3 Å². The number of anilines is 1. The average molecular weight is 262 g/mol. The molecule has 0 unspecified atom stereocenters. The molecule has 104 valence electrons. The van der Waals surface area contributed by atoms with Gasteiger partial charge in [-0.1, -0.05) is 19.1 Å². The quantitative estimate of drug-likeness (QED) is 0.802. The molecule has 1 aromatic rings. The van der Waals surface area contributed by atoms with E-state index in [1.165, 1.54) is 10.5 Å². The highest BCUT2D eigenvalue weighted by Gasteiger charge is 2.19. The van der Waals surface area contributed by atoms with Crippen LogP contribution in [0.4, 0.5) is 5.69 Å². The van der Waals surface area contributed by atoms with Gasteiger partial charge in [-0.2, -0.15) is 0 Å². The summed E-state index contributed by atoms with van der Waals surface area (Å²) in [6.07, 6.45) is 1.03. The van der Waals surface area contributed by atoms with Gasteiger partial charge in [0.25, 0.3) is 5.91 Å². The lowest BCUT2D eigenvalue weighted by molar-refractivity contribution is -0.896. The third-order valence-corrected chi connectivity index (χ3v) is 3.75. The molecule has 0 bridgehead atoms. The lowest BCUT2D eigenvalue weighted by atomic mass is 10.1. The predicted octanol–water partition coefficient (Wildman–Crippen LogP) is 0.0178. The molecule has 4 heteroatoms. The number of rotatable bonds is 4. The van der Waals surface area contributed by atoms with Gasteiger partial charge in [0.1, 0.15) is 0 Å². The van der Waals surface area contributed by atoms with Crippen LogP contribution in [0.15, 0.2) is 24.3 Å². The van der Waals surface area contributed by atoms with E-state index < -0.39 is 0 Å². The van der Waals surface area contributed by atoms with Crippen LogP contribution < -0.4 is 10.2 Å². The van der Waals surface area contributed by atoms with Crippen molar-refractivity contribution >= 4 is 11.6 Å². The lowest BCUT2D eigenvalue weighted by Crippen LogP contribution is -3.15. The zero-order chi connectivity index (χ0) is 13.7. The highest BCUT2D eigenvalue weighted by atomic mass is 16.2. The highest BCUT2D eigenvalue weighted by Crippen LogP contribution is 2.09. The second kappa shape index (κ2) is 6.68. The van der Waals surface area contributed by atoms with Crippen LogP contribution >= 0.6 is 0 Å². The molecule has 0 saturated carbocycles. The summed E-state index contributed by atoms with van der Waals surface area (Å²) in [5, 5.41) is 2.98. The number of nitrogens with zero attached hydrogens (tertiary/aromatic N) is 1. The van der Waals surface area contributed by atoms with Crippen LogP contribution in [-0.4, -0.2) is 50.6 Å². The topological polar surface area (TPSA) is 36.8 Å². The van der Waals surface area contributed by atoms with Crippen molar-refractivity contribution in [2.75, 3.05) is 45.1 Å². The van der Waals surface area contributed by atoms with Crippen molar-refractivity contribution in [1.29, 1.82) is 0 Å². The maximum absolute atomic E-state index is 12.0. The Bertz CT molecular complexity index is 408. The van der Waals surface area contributed by atoms with Crippen molar-refractivity contribution in [2.24, 2.45) is 0 Å². The summed E-state index contributed by atoms with van der Waals surface area (Å²) in [7, 11) is 2.13. The third kappa shape index (κ3) is 4.33. The number of likely N-dealkylation sites (N-methyl/N-ethyl adjacent to an activating group) is 1. The molecular weight excluding hydrogens is 238 g/mol. The number of piperazine rings is 1. The molecule has 0 spiro atoms. The van der Waals surface area contributed by atoms with E-state index in [0.29, 0.717) is 6.54 Å². The molecule has 1 amide bonds. The van der Waals surface area contributed by atoms with Crippen molar-refractivity contribution in [1.82, 2.24) is 4.90 Å². The molecule has 1 aromatic carbocycles. The normalized spacial score (nSPS) is 17.4. The van der Waals surface area contributed by atoms with E-state index in [9.17, 15) is 4.79 Å². The van der Waals surface area contributed by atoms with Gasteiger partial charge in [0, 0.05) is 18.8 Å². The van der Waals surface area contributed by atoms with Crippen LogP contribution in [0, 0.1) is 0 Å². The molecule has 1 heterocycles. The Kier molecular flexibility index (Phi) is 4.93. The molecule has 1 saturated heterocycles. The van der Waals surface area contributed by atoms with Crippen molar-refractivity contribution < 1.29 is 9.69 Å². The maximum Gasteiger partial charge on any atom is 0.279 e. The number of hydrogen-bond acceptors (Lipinski definition) is 2. The Balaban J connectivity index is 1.80. The summed E-state index contributed by atoms with van der Waals surface area (Å²) in [4.78, 5) is 15.7. The summed E-state index contributed by atoms with van der Waals surface area (Å²) < 4.78 is 0. The molecule has 2 N–H and O–H groups in total. The molecule has 0 aromatic heterocycles. The van der Waals surface area contributed by atoms with Crippen molar-refractivity contribution in [3.63, 3.8) is 0 Å². The number of carbonyl (C=O) groups excluding carboxylic acids is 1. The summed E-state index contributed by atoms with van der Waals surface area (Å²) in [5.74, 6) is 0.115.